The molecule has 1 aliphatic heterocycles. The van der Waals surface area contributed by atoms with Crippen molar-refractivity contribution < 1.29 is 27.5 Å². The average molecular weight is 539 g/mol. The maximum Gasteiger partial charge on any atom is 0.573 e. The summed E-state index contributed by atoms with van der Waals surface area (Å²) in [6.07, 6.45) is -4.86. The van der Waals surface area contributed by atoms with Gasteiger partial charge in [-0.25, -0.2) is 0 Å². The van der Waals surface area contributed by atoms with Gasteiger partial charge in [-0.1, -0.05) is 50.2 Å². The largest absolute Gasteiger partial charge is 0.573 e. The van der Waals surface area contributed by atoms with Gasteiger partial charge in [-0.05, 0) is 62.1 Å². The van der Waals surface area contributed by atoms with Crippen molar-refractivity contribution in [1.29, 1.82) is 0 Å². The van der Waals surface area contributed by atoms with Crippen molar-refractivity contribution in [3.8, 4) is 5.75 Å². The number of halogens is 3. The molecule has 1 saturated heterocycles. The fourth-order valence-corrected chi connectivity index (χ4v) is 4.55. The summed E-state index contributed by atoms with van der Waals surface area (Å²) in [5.41, 5.74) is 2.56. The molecule has 2 aromatic carbocycles. The lowest BCUT2D eigenvalue weighted by Gasteiger charge is -2.26. The molecular formula is C29H29F3N4O3. The van der Waals surface area contributed by atoms with Crippen LogP contribution < -0.4 is 9.64 Å². The van der Waals surface area contributed by atoms with E-state index in [1.807, 2.05) is 26.0 Å². The number of rotatable bonds is 7. The molecule has 4 rings (SSSR count). The molecular weight excluding hydrogens is 509 g/mol. The lowest BCUT2D eigenvalue weighted by atomic mass is 9.85. The van der Waals surface area contributed by atoms with Gasteiger partial charge < -0.3 is 4.74 Å². The minimum Gasteiger partial charge on any atom is -0.406 e. The average Bonchev–Trinajstić information content (AvgIpc) is 3.15. The second-order valence-corrected chi connectivity index (χ2v) is 10.00. The molecule has 0 radical (unpaired) electrons. The smallest absolute Gasteiger partial charge is 0.406 e. The number of ether oxygens (including phenoxy) is 1. The number of ketones is 1. The zero-order valence-electron chi connectivity index (χ0n) is 22.2. The number of benzene rings is 2. The Labute approximate surface area is 224 Å². The van der Waals surface area contributed by atoms with E-state index in [2.05, 4.69) is 19.9 Å². The third-order valence-corrected chi connectivity index (χ3v) is 6.35. The topological polar surface area (TPSA) is 84.8 Å². The number of Topliss-reactive ketones (excluding diaryl/α,β-unsaturated/α-hetero) is 1. The summed E-state index contributed by atoms with van der Waals surface area (Å²) < 4.78 is 42.3. The van der Waals surface area contributed by atoms with E-state index in [0.717, 1.165) is 17.7 Å². The fraction of sp³-hybridized carbons (Fsp3) is 0.345. The van der Waals surface area contributed by atoms with Gasteiger partial charge in [0.2, 0.25) is 0 Å². The van der Waals surface area contributed by atoms with Crippen molar-refractivity contribution in [3.05, 3.63) is 83.0 Å². The first-order chi connectivity index (χ1) is 18.4. The first-order valence-electron chi connectivity index (χ1n) is 12.6. The Morgan fingerprint density at radius 1 is 0.949 bits per heavy atom. The van der Waals surface area contributed by atoms with Gasteiger partial charge in [0.15, 0.2) is 11.6 Å². The van der Waals surface area contributed by atoms with Crippen molar-refractivity contribution in [2.75, 3.05) is 4.90 Å². The number of amides is 1. The lowest BCUT2D eigenvalue weighted by molar-refractivity contribution is -0.274. The summed E-state index contributed by atoms with van der Waals surface area (Å²) in [6, 6.07) is 14.4. The van der Waals surface area contributed by atoms with Crippen LogP contribution in [0.15, 0.2) is 65.7 Å². The van der Waals surface area contributed by atoms with Gasteiger partial charge in [0.05, 0.1) is 17.7 Å². The van der Waals surface area contributed by atoms with E-state index in [1.54, 1.807) is 45.0 Å². The third-order valence-electron chi connectivity index (χ3n) is 6.35. The van der Waals surface area contributed by atoms with Gasteiger partial charge in [-0.3, -0.25) is 19.5 Å². The Balaban J connectivity index is 1.87. The van der Waals surface area contributed by atoms with Crippen molar-refractivity contribution in [2.24, 2.45) is 10.9 Å². The quantitative estimate of drug-likeness (QED) is 0.332. The van der Waals surface area contributed by atoms with Crippen LogP contribution in [0.3, 0.4) is 0 Å². The van der Waals surface area contributed by atoms with Gasteiger partial charge in [-0.2, -0.15) is 5.10 Å². The van der Waals surface area contributed by atoms with Crippen LogP contribution in [0.5, 0.6) is 5.75 Å². The van der Waals surface area contributed by atoms with E-state index in [-0.39, 0.29) is 29.3 Å². The number of aryl methyl sites for hydroxylation is 1. The highest BCUT2D eigenvalue weighted by Gasteiger charge is 2.51. The van der Waals surface area contributed by atoms with Crippen LogP contribution in [0.25, 0.3) is 0 Å². The molecule has 10 heteroatoms. The number of aromatic nitrogens is 2. The van der Waals surface area contributed by atoms with Crippen molar-refractivity contribution >= 4 is 23.2 Å². The highest BCUT2D eigenvalue weighted by atomic mass is 19.4. The molecule has 0 bridgehead atoms. The van der Waals surface area contributed by atoms with Crippen molar-refractivity contribution in [1.82, 2.24) is 10.2 Å². The Morgan fingerprint density at radius 2 is 1.59 bits per heavy atom. The zero-order valence-corrected chi connectivity index (χ0v) is 22.2. The Bertz CT molecular complexity index is 1370. The Kier molecular flexibility index (Phi) is 7.85. The predicted molar refractivity (Wildman–Crippen MR) is 141 cm³/mol. The minimum atomic E-state index is -4.86. The maximum absolute atomic E-state index is 14.1. The summed E-state index contributed by atoms with van der Waals surface area (Å²) >= 11 is 0. The van der Waals surface area contributed by atoms with E-state index < -0.39 is 30.0 Å². The Hall–Kier alpha value is -4.08. The number of nitrogens with zero attached hydrogens (tertiary/aromatic N) is 4. The van der Waals surface area contributed by atoms with Gasteiger partial charge >= 0.3 is 6.36 Å². The molecule has 2 atom stereocenters. The van der Waals surface area contributed by atoms with Gasteiger partial charge in [0, 0.05) is 11.6 Å². The molecule has 3 aromatic rings. The van der Waals surface area contributed by atoms with Gasteiger partial charge in [0.1, 0.15) is 11.5 Å². The first-order valence-corrected chi connectivity index (χ1v) is 12.6. The summed E-state index contributed by atoms with van der Waals surface area (Å²) in [6.45, 7) is 9.43. The summed E-state index contributed by atoms with van der Waals surface area (Å²) in [5, 5.41) is 8.25. The van der Waals surface area contributed by atoms with Crippen LogP contribution in [0, 0.1) is 12.8 Å². The van der Waals surface area contributed by atoms with Crippen molar-refractivity contribution in [3.63, 3.8) is 0 Å². The van der Waals surface area contributed by atoms with Crippen LogP contribution in [0.4, 0.5) is 19.0 Å². The number of aliphatic imine (C=N–C) groups is 1. The molecule has 0 N–H and O–H groups in total. The number of alkyl halides is 3. The van der Waals surface area contributed by atoms with Crippen LogP contribution in [0.1, 0.15) is 66.8 Å². The van der Waals surface area contributed by atoms with E-state index in [4.69, 9.17) is 0 Å². The summed E-state index contributed by atoms with van der Waals surface area (Å²) in [4.78, 5) is 33.8. The predicted octanol–water partition coefficient (Wildman–Crippen LogP) is 6.24. The molecule has 39 heavy (non-hydrogen) atoms. The molecule has 1 fully saturated rings. The molecule has 2 heterocycles. The molecule has 0 saturated carbocycles. The monoisotopic (exact) mass is 538 g/mol. The standard InChI is InChI=1S/C29H29F3N4O3/c1-16(2)19-7-9-21(10-8-19)27(37)24-25(33-17(3)4)28(38)36(23-15-6-18(5)34-35-23)26(24)20-11-13-22(14-12-20)39-29(30,31)32/h6-17,24,26H,1-5H3. The number of hydrogen-bond acceptors (Lipinski definition) is 6. The summed E-state index contributed by atoms with van der Waals surface area (Å²) in [5.74, 6) is -1.84. The molecule has 0 spiro atoms. The minimum absolute atomic E-state index is 0.0610. The zero-order chi connectivity index (χ0) is 28.5. The second kappa shape index (κ2) is 11.0. The lowest BCUT2D eigenvalue weighted by Crippen LogP contribution is -2.31. The van der Waals surface area contributed by atoms with E-state index in [9.17, 15) is 22.8 Å². The molecule has 2 unspecified atom stereocenters. The fourth-order valence-electron chi connectivity index (χ4n) is 4.55. The van der Waals surface area contributed by atoms with Crippen LogP contribution in [0.2, 0.25) is 0 Å². The SMILES string of the molecule is Cc1ccc(N2C(=O)C(=NC(C)C)C(C(=O)c3ccc(C(C)C)cc3)C2c2ccc(OC(F)(F)F)cc2)nn1. The molecule has 1 amide bonds. The third kappa shape index (κ3) is 6.16. The van der Waals surface area contributed by atoms with Gasteiger partial charge in [-0.15, -0.1) is 18.3 Å². The van der Waals surface area contributed by atoms with Crippen molar-refractivity contribution in [2.45, 2.75) is 59.0 Å². The molecule has 0 aliphatic carbocycles. The number of hydrogen-bond donors (Lipinski definition) is 0. The molecule has 204 valence electrons. The number of carbonyl (C=O) groups excluding carboxylic acids is 2. The van der Waals surface area contributed by atoms with Crippen LogP contribution in [-0.2, 0) is 4.79 Å². The van der Waals surface area contributed by atoms with Gasteiger partial charge in [0.25, 0.3) is 5.91 Å². The molecule has 7 nitrogen and oxygen atoms in total. The second-order valence-electron chi connectivity index (χ2n) is 10.00. The highest BCUT2D eigenvalue weighted by molar-refractivity contribution is 6.51. The maximum atomic E-state index is 14.1. The van der Waals surface area contributed by atoms with E-state index >= 15 is 0 Å². The molecule has 1 aromatic heterocycles. The van der Waals surface area contributed by atoms with Crippen LogP contribution in [-0.4, -0.2) is 40.0 Å². The number of anilines is 1. The highest BCUT2D eigenvalue weighted by Crippen LogP contribution is 2.42. The first kappa shape index (κ1) is 27.9. The Morgan fingerprint density at radius 3 is 2.10 bits per heavy atom. The number of carbonyl (C=O) groups is 2. The van der Waals surface area contributed by atoms with E-state index in [0.29, 0.717) is 16.8 Å². The van der Waals surface area contributed by atoms with Crippen LogP contribution >= 0.6 is 0 Å². The normalized spacial score (nSPS) is 18.9. The van der Waals surface area contributed by atoms with E-state index in [1.165, 1.54) is 17.0 Å². The molecule has 1 aliphatic rings. The summed E-state index contributed by atoms with van der Waals surface area (Å²) in [7, 11) is 0.